The molecule has 182 valence electrons. The summed E-state index contributed by atoms with van der Waals surface area (Å²) in [5, 5.41) is 17.0. The fourth-order valence-electron chi connectivity index (χ4n) is 3.16. The molecule has 2 atom stereocenters. The highest BCUT2D eigenvalue weighted by molar-refractivity contribution is 8.00. The van der Waals surface area contributed by atoms with Crippen molar-refractivity contribution in [3.8, 4) is 0 Å². The zero-order chi connectivity index (χ0) is 25.0. The molecule has 2 amide bonds. The number of Topliss-reactive ketones (excluding diaryl/α,β-unsaturated/α-hetero) is 1. The fraction of sp³-hybridized carbons (Fsp3) is 0.421. The van der Waals surface area contributed by atoms with Crippen LogP contribution in [0.5, 0.6) is 0 Å². The summed E-state index contributed by atoms with van der Waals surface area (Å²) < 4.78 is 4.98. The molecule has 2 aliphatic rings. The van der Waals surface area contributed by atoms with Crippen molar-refractivity contribution in [2.24, 2.45) is 5.16 Å². The number of carboxylic acid groups (broad SMARTS) is 1. The molecule has 1 fully saturated rings. The molecular formula is C19H21N5O8S2. The lowest BCUT2D eigenvalue weighted by Crippen LogP contribution is -2.71. The Morgan fingerprint density at radius 1 is 1.38 bits per heavy atom. The summed E-state index contributed by atoms with van der Waals surface area (Å²) in [6, 6.07) is -1.02. The number of nitrogens with two attached hydrogens (primary N) is 1. The Balaban J connectivity index is 1.74. The standard InChI is InChI=1S/C19H21N5O8S2/c1-3-32-23-12(10-7-34-19(20)21-10)15(27)22-13-16(28)24-14(18(29)30)9(6-33-17(13)24)5-31-11(26)4-8(2)25/h7,13,17H,3-6H2,1-2H3,(H2,20,21)(H,22,27)(H,29,30)/t13-,17+/m1/s1. The van der Waals surface area contributed by atoms with Crippen LogP contribution in [0.4, 0.5) is 5.13 Å². The Morgan fingerprint density at radius 3 is 2.71 bits per heavy atom. The maximum Gasteiger partial charge on any atom is 0.352 e. The second-order valence-corrected chi connectivity index (χ2v) is 9.08. The first-order valence-electron chi connectivity index (χ1n) is 9.91. The van der Waals surface area contributed by atoms with Crippen molar-refractivity contribution in [1.82, 2.24) is 15.2 Å². The molecule has 0 unspecified atom stereocenters. The molecule has 0 radical (unpaired) electrons. The van der Waals surface area contributed by atoms with Gasteiger partial charge in [0, 0.05) is 16.7 Å². The quantitative estimate of drug-likeness (QED) is 0.123. The van der Waals surface area contributed by atoms with Gasteiger partial charge in [-0.1, -0.05) is 5.16 Å². The molecule has 4 N–H and O–H groups in total. The van der Waals surface area contributed by atoms with Crippen molar-refractivity contribution >= 4 is 63.5 Å². The predicted octanol–water partition coefficient (Wildman–Crippen LogP) is -0.273. The summed E-state index contributed by atoms with van der Waals surface area (Å²) in [5.41, 5.74) is 5.52. The Labute approximate surface area is 201 Å². The number of ketones is 1. The molecule has 0 bridgehead atoms. The van der Waals surface area contributed by atoms with Gasteiger partial charge in [0.05, 0.1) is 0 Å². The number of nitrogen functional groups attached to an aromatic ring is 1. The van der Waals surface area contributed by atoms with Crippen molar-refractivity contribution in [2.45, 2.75) is 31.7 Å². The van der Waals surface area contributed by atoms with Gasteiger partial charge in [0.25, 0.3) is 11.8 Å². The molecule has 0 aliphatic carbocycles. The monoisotopic (exact) mass is 511 g/mol. The maximum absolute atomic E-state index is 12.8. The first-order chi connectivity index (χ1) is 16.1. The first-order valence-corrected chi connectivity index (χ1v) is 11.8. The van der Waals surface area contributed by atoms with Crippen LogP contribution in [0.25, 0.3) is 0 Å². The van der Waals surface area contributed by atoms with E-state index >= 15 is 0 Å². The molecule has 3 rings (SSSR count). The van der Waals surface area contributed by atoms with Crippen LogP contribution >= 0.6 is 23.1 Å². The molecule has 0 saturated carbocycles. The number of nitrogens with zero attached hydrogens (tertiary/aromatic N) is 3. The second kappa shape index (κ2) is 10.6. The lowest BCUT2D eigenvalue weighted by atomic mass is 10.0. The van der Waals surface area contributed by atoms with Gasteiger partial charge in [0.2, 0.25) is 0 Å². The number of thioether (sulfide) groups is 1. The predicted molar refractivity (Wildman–Crippen MR) is 121 cm³/mol. The van der Waals surface area contributed by atoms with Crippen molar-refractivity contribution < 1.29 is 38.7 Å². The molecule has 13 nitrogen and oxygen atoms in total. The van der Waals surface area contributed by atoms with Gasteiger partial charge in [-0.05, 0) is 13.8 Å². The number of amides is 2. The summed E-state index contributed by atoms with van der Waals surface area (Å²) in [5.74, 6) is -3.80. The topological polar surface area (TPSA) is 191 Å². The van der Waals surface area contributed by atoms with E-state index < -0.39 is 41.6 Å². The van der Waals surface area contributed by atoms with Crippen molar-refractivity contribution in [3.05, 3.63) is 22.3 Å². The van der Waals surface area contributed by atoms with Gasteiger partial charge in [0.1, 0.15) is 48.2 Å². The number of hydrogen-bond acceptors (Lipinski definition) is 12. The number of β-lactam (4-membered cyclic amide) rings is 1. The zero-order valence-corrected chi connectivity index (χ0v) is 19.7. The van der Waals surface area contributed by atoms with E-state index in [-0.39, 0.29) is 52.6 Å². The van der Waals surface area contributed by atoms with Crippen LogP contribution in [-0.2, 0) is 33.5 Å². The van der Waals surface area contributed by atoms with Gasteiger partial charge in [-0.25, -0.2) is 9.78 Å². The minimum Gasteiger partial charge on any atom is -0.477 e. The van der Waals surface area contributed by atoms with Crippen molar-refractivity contribution in [2.75, 3.05) is 24.7 Å². The van der Waals surface area contributed by atoms with Crippen LogP contribution in [0.15, 0.2) is 21.8 Å². The third-order valence-electron chi connectivity index (χ3n) is 4.60. The average molecular weight is 512 g/mol. The van der Waals surface area contributed by atoms with Gasteiger partial charge in [-0.2, -0.15) is 0 Å². The number of carboxylic acids is 1. The van der Waals surface area contributed by atoms with Crippen LogP contribution in [0.3, 0.4) is 0 Å². The highest BCUT2D eigenvalue weighted by Crippen LogP contribution is 2.40. The summed E-state index contributed by atoms with van der Waals surface area (Å²) in [7, 11) is 0. The number of anilines is 1. The minimum absolute atomic E-state index is 0.137. The molecule has 3 heterocycles. The molecule has 1 saturated heterocycles. The van der Waals surface area contributed by atoms with E-state index in [0.29, 0.717) is 0 Å². The Kier molecular flexibility index (Phi) is 7.88. The number of thiazole rings is 1. The van der Waals surface area contributed by atoms with E-state index in [0.717, 1.165) is 16.2 Å². The number of hydrogen-bond donors (Lipinski definition) is 3. The molecular weight excluding hydrogens is 490 g/mol. The lowest BCUT2D eigenvalue weighted by Gasteiger charge is -2.49. The van der Waals surface area contributed by atoms with Crippen LogP contribution in [0.2, 0.25) is 0 Å². The number of oxime groups is 1. The average Bonchev–Trinajstić information content (AvgIpc) is 3.20. The lowest BCUT2D eigenvalue weighted by molar-refractivity contribution is -0.150. The summed E-state index contributed by atoms with van der Waals surface area (Å²) in [6.07, 6.45) is -0.432. The Morgan fingerprint density at radius 2 is 2.12 bits per heavy atom. The number of carbonyl (C=O) groups is 5. The van der Waals surface area contributed by atoms with E-state index in [1.807, 2.05) is 0 Å². The summed E-state index contributed by atoms with van der Waals surface area (Å²) in [6.45, 7) is 2.72. The van der Waals surface area contributed by atoms with E-state index in [2.05, 4.69) is 15.5 Å². The van der Waals surface area contributed by atoms with Crippen LogP contribution in [-0.4, -0.2) is 80.6 Å². The highest BCUT2D eigenvalue weighted by Gasteiger charge is 2.54. The van der Waals surface area contributed by atoms with Gasteiger partial charge >= 0.3 is 11.9 Å². The number of aromatic nitrogens is 1. The summed E-state index contributed by atoms with van der Waals surface area (Å²) in [4.78, 5) is 70.2. The normalized spacial score (nSPS) is 19.8. The van der Waals surface area contributed by atoms with Crippen LogP contribution in [0, 0.1) is 0 Å². The number of carbonyl (C=O) groups excluding carboxylic acids is 4. The largest absolute Gasteiger partial charge is 0.477 e. The molecule has 0 aromatic carbocycles. The van der Waals surface area contributed by atoms with Gasteiger partial charge in [-0.3, -0.25) is 24.1 Å². The number of esters is 1. The third kappa shape index (κ3) is 5.36. The smallest absolute Gasteiger partial charge is 0.352 e. The van der Waals surface area contributed by atoms with Crippen molar-refractivity contribution in [3.63, 3.8) is 0 Å². The van der Waals surface area contributed by atoms with Gasteiger partial charge in [0.15, 0.2) is 10.8 Å². The molecule has 34 heavy (non-hydrogen) atoms. The van der Waals surface area contributed by atoms with Gasteiger partial charge < -0.3 is 25.7 Å². The Hall–Kier alpha value is -3.46. The Bertz CT molecular complexity index is 1100. The molecule has 15 heteroatoms. The second-order valence-electron chi connectivity index (χ2n) is 7.09. The number of nitrogens with one attached hydrogen (secondary N) is 1. The zero-order valence-electron chi connectivity index (χ0n) is 18.1. The summed E-state index contributed by atoms with van der Waals surface area (Å²) >= 11 is 2.30. The van der Waals surface area contributed by atoms with Crippen LogP contribution in [0.1, 0.15) is 26.0 Å². The minimum atomic E-state index is -1.38. The number of aliphatic carboxylic acids is 1. The molecule has 2 aliphatic heterocycles. The molecule has 0 spiro atoms. The molecule has 1 aromatic heterocycles. The van der Waals surface area contributed by atoms with E-state index in [1.165, 1.54) is 24.1 Å². The van der Waals surface area contributed by atoms with Crippen LogP contribution < -0.4 is 11.1 Å². The van der Waals surface area contributed by atoms with Crippen molar-refractivity contribution in [1.29, 1.82) is 0 Å². The maximum atomic E-state index is 12.8. The SMILES string of the molecule is CCON=C(C(=O)N[C@@H]1C(=O)N2C(C(=O)O)=C(COC(=O)CC(C)=O)CS[C@@H]12)c1csc(N)n1. The van der Waals surface area contributed by atoms with Gasteiger partial charge in [-0.15, -0.1) is 23.1 Å². The van der Waals surface area contributed by atoms with E-state index in [4.69, 9.17) is 15.3 Å². The van der Waals surface area contributed by atoms with E-state index in [1.54, 1.807) is 6.92 Å². The van der Waals surface area contributed by atoms with E-state index in [9.17, 15) is 29.1 Å². The molecule has 1 aromatic rings. The third-order valence-corrected chi connectivity index (χ3v) is 6.62. The first kappa shape index (κ1) is 25.2. The highest BCUT2D eigenvalue weighted by atomic mass is 32.2. The number of ether oxygens (including phenoxy) is 1. The number of fused-ring (bicyclic) bond motifs is 1. The fourth-order valence-corrected chi connectivity index (χ4v) is 5.03. The number of rotatable bonds is 10.